The summed E-state index contributed by atoms with van der Waals surface area (Å²) < 4.78 is 7.42. The maximum Gasteiger partial charge on any atom is 0.411 e. The SMILES string of the molecule is O=C(OCc1ccccc1)N1CCCCC1n1ccnc1. The minimum Gasteiger partial charge on any atom is -0.444 e. The van der Waals surface area contributed by atoms with E-state index in [1.165, 1.54) is 0 Å². The van der Waals surface area contributed by atoms with E-state index in [-0.39, 0.29) is 12.3 Å². The molecule has 0 radical (unpaired) electrons. The first kappa shape index (κ1) is 13.7. The van der Waals surface area contributed by atoms with Crippen LogP contribution in [0.1, 0.15) is 31.0 Å². The fourth-order valence-corrected chi connectivity index (χ4v) is 2.68. The molecule has 5 nitrogen and oxygen atoms in total. The van der Waals surface area contributed by atoms with Crippen molar-refractivity contribution in [2.75, 3.05) is 6.54 Å². The lowest BCUT2D eigenvalue weighted by molar-refractivity contribution is 0.0482. The molecule has 1 aliphatic rings. The average Bonchev–Trinajstić information content (AvgIpc) is 3.08. The molecular formula is C16H19N3O2. The molecule has 0 saturated carbocycles. The molecule has 3 rings (SSSR count). The van der Waals surface area contributed by atoms with Crippen LogP contribution in [0.25, 0.3) is 0 Å². The number of hydrogen-bond acceptors (Lipinski definition) is 3. The van der Waals surface area contributed by atoms with Crippen molar-refractivity contribution in [1.82, 2.24) is 14.5 Å². The van der Waals surface area contributed by atoms with Gasteiger partial charge in [-0.05, 0) is 24.8 Å². The fourth-order valence-electron chi connectivity index (χ4n) is 2.68. The predicted molar refractivity (Wildman–Crippen MR) is 78.4 cm³/mol. The topological polar surface area (TPSA) is 47.4 Å². The molecule has 5 heteroatoms. The molecule has 1 aromatic heterocycles. The number of nitrogens with zero attached hydrogens (tertiary/aromatic N) is 3. The number of imidazole rings is 1. The van der Waals surface area contributed by atoms with Crippen molar-refractivity contribution in [3.8, 4) is 0 Å². The van der Waals surface area contributed by atoms with Gasteiger partial charge in [-0.15, -0.1) is 0 Å². The van der Waals surface area contributed by atoms with E-state index in [9.17, 15) is 4.79 Å². The monoisotopic (exact) mass is 285 g/mol. The van der Waals surface area contributed by atoms with Crippen LogP contribution in [0.4, 0.5) is 4.79 Å². The van der Waals surface area contributed by atoms with Crippen molar-refractivity contribution < 1.29 is 9.53 Å². The molecule has 110 valence electrons. The van der Waals surface area contributed by atoms with E-state index in [1.807, 2.05) is 41.1 Å². The van der Waals surface area contributed by atoms with Crippen molar-refractivity contribution in [3.63, 3.8) is 0 Å². The maximum atomic E-state index is 12.3. The number of likely N-dealkylation sites (tertiary alicyclic amines) is 1. The standard InChI is InChI=1S/C16H19N3O2/c20-16(21-12-14-6-2-1-3-7-14)19-10-5-4-8-15(19)18-11-9-17-13-18/h1-3,6-7,9,11,13,15H,4-5,8,10,12H2. The highest BCUT2D eigenvalue weighted by Gasteiger charge is 2.28. The second-order valence-electron chi connectivity index (χ2n) is 5.22. The summed E-state index contributed by atoms with van der Waals surface area (Å²) in [6.07, 6.45) is 8.23. The largest absolute Gasteiger partial charge is 0.444 e. The minimum absolute atomic E-state index is 0.0181. The van der Waals surface area contributed by atoms with Gasteiger partial charge >= 0.3 is 6.09 Å². The quantitative estimate of drug-likeness (QED) is 0.870. The van der Waals surface area contributed by atoms with Gasteiger partial charge in [0.1, 0.15) is 12.8 Å². The Morgan fingerprint density at radius 3 is 2.90 bits per heavy atom. The van der Waals surface area contributed by atoms with Gasteiger partial charge in [0.25, 0.3) is 0 Å². The summed E-state index contributed by atoms with van der Waals surface area (Å²) in [6, 6.07) is 9.75. The molecule has 1 fully saturated rings. The summed E-state index contributed by atoms with van der Waals surface area (Å²) >= 11 is 0. The van der Waals surface area contributed by atoms with E-state index >= 15 is 0 Å². The highest BCUT2D eigenvalue weighted by atomic mass is 16.6. The summed E-state index contributed by atoms with van der Waals surface area (Å²) in [4.78, 5) is 18.2. The molecule has 2 aromatic rings. The lowest BCUT2D eigenvalue weighted by Gasteiger charge is -2.35. The Morgan fingerprint density at radius 2 is 2.14 bits per heavy atom. The number of ether oxygens (including phenoxy) is 1. The zero-order valence-electron chi connectivity index (χ0n) is 11.9. The van der Waals surface area contributed by atoms with Gasteiger partial charge in [-0.1, -0.05) is 30.3 Å². The molecule has 1 aliphatic heterocycles. The second-order valence-corrected chi connectivity index (χ2v) is 5.22. The summed E-state index contributed by atoms with van der Waals surface area (Å²) in [6.45, 7) is 1.04. The first-order valence-corrected chi connectivity index (χ1v) is 7.29. The Labute approximate surface area is 124 Å². The molecule has 2 heterocycles. The Balaban J connectivity index is 1.64. The van der Waals surface area contributed by atoms with Gasteiger partial charge in [0.2, 0.25) is 0 Å². The van der Waals surface area contributed by atoms with Crippen molar-refractivity contribution >= 4 is 6.09 Å². The molecule has 1 atom stereocenters. The number of carbonyl (C=O) groups is 1. The fraction of sp³-hybridized carbons (Fsp3) is 0.375. The third-order valence-electron chi connectivity index (χ3n) is 3.78. The number of hydrogen-bond donors (Lipinski definition) is 0. The van der Waals surface area contributed by atoms with Gasteiger partial charge in [-0.2, -0.15) is 0 Å². The van der Waals surface area contributed by atoms with E-state index in [4.69, 9.17) is 4.74 Å². The number of rotatable bonds is 3. The molecule has 1 saturated heterocycles. The van der Waals surface area contributed by atoms with Crippen LogP contribution in [0, 0.1) is 0 Å². The van der Waals surface area contributed by atoms with E-state index in [0.29, 0.717) is 6.61 Å². The Kier molecular flexibility index (Phi) is 4.19. The van der Waals surface area contributed by atoms with Crippen LogP contribution in [-0.4, -0.2) is 27.1 Å². The Morgan fingerprint density at radius 1 is 1.29 bits per heavy atom. The smallest absolute Gasteiger partial charge is 0.411 e. The van der Waals surface area contributed by atoms with Crippen molar-refractivity contribution in [1.29, 1.82) is 0 Å². The highest BCUT2D eigenvalue weighted by Crippen LogP contribution is 2.26. The van der Waals surface area contributed by atoms with E-state index in [1.54, 1.807) is 17.4 Å². The molecule has 0 spiro atoms. The number of piperidine rings is 1. The highest BCUT2D eigenvalue weighted by molar-refractivity contribution is 5.68. The molecule has 1 aromatic carbocycles. The van der Waals surface area contributed by atoms with E-state index in [2.05, 4.69) is 4.98 Å². The first-order valence-electron chi connectivity index (χ1n) is 7.29. The molecule has 0 N–H and O–H groups in total. The second kappa shape index (κ2) is 6.43. The van der Waals surface area contributed by atoms with Gasteiger partial charge in [0, 0.05) is 18.9 Å². The summed E-state index contributed by atoms with van der Waals surface area (Å²) in [5, 5.41) is 0. The number of amides is 1. The predicted octanol–water partition coefficient (Wildman–Crippen LogP) is 3.20. The van der Waals surface area contributed by atoms with Crippen LogP contribution >= 0.6 is 0 Å². The van der Waals surface area contributed by atoms with E-state index in [0.717, 1.165) is 31.4 Å². The van der Waals surface area contributed by atoms with Gasteiger partial charge in [0.05, 0.1) is 6.33 Å². The lowest BCUT2D eigenvalue weighted by atomic mass is 10.1. The Hall–Kier alpha value is -2.30. The Bertz CT molecular complexity index is 568. The van der Waals surface area contributed by atoms with E-state index < -0.39 is 0 Å². The minimum atomic E-state index is -0.253. The third kappa shape index (κ3) is 3.24. The van der Waals surface area contributed by atoms with Crippen LogP contribution in [0.5, 0.6) is 0 Å². The molecule has 0 aliphatic carbocycles. The van der Waals surface area contributed by atoms with Crippen LogP contribution in [0.3, 0.4) is 0 Å². The zero-order chi connectivity index (χ0) is 14.5. The van der Waals surface area contributed by atoms with Crippen molar-refractivity contribution in [2.45, 2.75) is 32.0 Å². The molecule has 0 bridgehead atoms. The molecule has 1 amide bonds. The zero-order valence-corrected chi connectivity index (χ0v) is 11.9. The van der Waals surface area contributed by atoms with Gasteiger partial charge in [-0.25, -0.2) is 9.78 Å². The normalized spacial score (nSPS) is 18.5. The van der Waals surface area contributed by atoms with Crippen LogP contribution in [0.2, 0.25) is 0 Å². The van der Waals surface area contributed by atoms with Gasteiger partial charge in [-0.3, -0.25) is 4.90 Å². The average molecular weight is 285 g/mol. The van der Waals surface area contributed by atoms with Gasteiger partial charge < -0.3 is 9.30 Å². The van der Waals surface area contributed by atoms with Crippen LogP contribution < -0.4 is 0 Å². The molecule has 21 heavy (non-hydrogen) atoms. The number of benzene rings is 1. The maximum absolute atomic E-state index is 12.3. The lowest BCUT2D eigenvalue weighted by Crippen LogP contribution is -2.41. The summed E-state index contributed by atoms with van der Waals surface area (Å²) in [7, 11) is 0. The number of aromatic nitrogens is 2. The van der Waals surface area contributed by atoms with Crippen LogP contribution in [0.15, 0.2) is 49.1 Å². The number of carbonyl (C=O) groups excluding carboxylic acids is 1. The van der Waals surface area contributed by atoms with Crippen molar-refractivity contribution in [3.05, 3.63) is 54.6 Å². The van der Waals surface area contributed by atoms with Gasteiger partial charge in [0.15, 0.2) is 0 Å². The summed E-state index contributed by atoms with van der Waals surface area (Å²) in [5.74, 6) is 0. The van der Waals surface area contributed by atoms with Crippen molar-refractivity contribution in [2.24, 2.45) is 0 Å². The first-order chi connectivity index (χ1) is 10.3. The molecular weight excluding hydrogens is 266 g/mol. The molecule has 1 unspecified atom stereocenters. The van der Waals surface area contributed by atoms with Crippen LogP contribution in [-0.2, 0) is 11.3 Å². The summed E-state index contributed by atoms with van der Waals surface area (Å²) in [5.41, 5.74) is 1.00. The third-order valence-corrected chi connectivity index (χ3v) is 3.78.